The first-order valence-corrected chi connectivity index (χ1v) is 17.1. The monoisotopic (exact) mass is 644 g/mol. The zero-order valence-corrected chi connectivity index (χ0v) is 28.8. The number of nitrogens with zero attached hydrogens (tertiary/aromatic N) is 2. The van der Waals surface area contributed by atoms with Crippen molar-refractivity contribution in [2.75, 3.05) is 9.80 Å². The summed E-state index contributed by atoms with van der Waals surface area (Å²) in [5.41, 5.74) is 13.3. The van der Waals surface area contributed by atoms with E-state index in [2.05, 4.69) is 163 Å². The van der Waals surface area contributed by atoms with E-state index in [0.717, 1.165) is 45.3 Å². The van der Waals surface area contributed by atoms with E-state index >= 15 is 0 Å². The normalized spacial score (nSPS) is 12.8. The van der Waals surface area contributed by atoms with Crippen molar-refractivity contribution in [2.24, 2.45) is 0 Å². The first-order chi connectivity index (χ1) is 24.4. The second-order valence-electron chi connectivity index (χ2n) is 12.9. The molecule has 0 radical (unpaired) electrons. The van der Waals surface area contributed by atoms with Gasteiger partial charge in [0.1, 0.15) is 0 Å². The van der Waals surface area contributed by atoms with Crippen LogP contribution < -0.4 is 9.80 Å². The zero-order valence-electron chi connectivity index (χ0n) is 28.8. The van der Waals surface area contributed by atoms with Gasteiger partial charge in [-0.3, -0.25) is 0 Å². The third-order valence-electron chi connectivity index (χ3n) is 9.38. The Labute approximate surface area is 297 Å². The molecule has 50 heavy (non-hydrogen) atoms. The highest BCUT2D eigenvalue weighted by Crippen LogP contribution is 2.50. The van der Waals surface area contributed by atoms with Crippen molar-refractivity contribution in [3.8, 4) is 23.0 Å². The summed E-state index contributed by atoms with van der Waals surface area (Å²) in [7, 11) is 0. The van der Waals surface area contributed by atoms with Crippen LogP contribution in [-0.4, -0.2) is 0 Å². The molecule has 2 heteroatoms. The van der Waals surface area contributed by atoms with E-state index in [1.165, 1.54) is 22.3 Å². The Morgan fingerprint density at radius 2 is 1.04 bits per heavy atom. The van der Waals surface area contributed by atoms with Crippen molar-refractivity contribution in [2.45, 2.75) is 26.2 Å². The number of para-hydroxylation sites is 4. The van der Waals surface area contributed by atoms with Gasteiger partial charge in [0.25, 0.3) is 0 Å². The van der Waals surface area contributed by atoms with Gasteiger partial charge in [0, 0.05) is 50.7 Å². The molecule has 6 aromatic rings. The summed E-state index contributed by atoms with van der Waals surface area (Å²) in [6.07, 6.45) is 6.14. The van der Waals surface area contributed by atoms with E-state index in [1.54, 1.807) is 0 Å². The predicted molar refractivity (Wildman–Crippen MR) is 213 cm³/mol. The summed E-state index contributed by atoms with van der Waals surface area (Å²) in [5.74, 6) is 6.88. The van der Waals surface area contributed by atoms with Crippen LogP contribution in [0.3, 0.4) is 0 Å². The Balaban J connectivity index is 1.15. The molecule has 7 rings (SSSR count). The van der Waals surface area contributed by atoms with Crippen LogP contribution in [0.1, 0.15) is 37.5 Å². The first-order valence-electron chi connectivity index (χ1n) is 17.1. The maximum Gasteiger partial charge on any atom is 0.0465 e. The summed E-state index contributed by atoms with van der Waals surface area (Å²) in [6.45, 7) is 11.1. The molecule has 0 unspecified atom stereocenters. The lowest BCUT2D eigenvalue weighted by Gasteiger charge is -2.28. The highest BCUT2D eigenvalue weighted by atomic mass is 15.1. The van der Waals surface area contributed by atoms with Gasteiger partial charge in [-0.1, -0.05) is 123 Å². The van der Waals surface area contributed by atoms with Crippen LogP contribution in [0.4, 0.5) is 28.4 Å². The van der Waals surface area contributed by atoms with E-state index < -0.39 is 0 Å². The molecular formula is C48H40N2. The fourth-order valence-corrected chi connectivity index (χ4v) is 6.79. The molecular weight excluding hydrogens is 605 g/mol. The van der Waals surface area contributed by atoms with Crippen molar-refractivity contribution in [1.29, 1.82) is 0 Å². The largest absolute Gasteiger partial charge is 0.311 e. The number of hydrogen-bond acceptors (Lipinski definition) is 2. The quantitative estimate of drug-likeness (QED) is 0.120. The minimum Gasteiger partial charge on any atom is -0.311 e. The van der Waals surface area contributed by atoms with E-state index in [-0.39, 0.29) is 5.41 Å². The Morgan fingerprint density at radius 3 is 1.56 bits per heavy atom. The summed E-state index contributed by atoms with van der Waals surface area (Å²) < 4.78 is 0. The Morgan fingerprint density at radius 1 is 0.560 bits per heavy atom. The van der Waals surface area contributed by atoms with Crippen molar-refractivity contribution >= 4 is 28.4 Å². The molecule has 0 aromatic heterocycles. The molecule has 0 amide bonds. The lowest BCUT2D eigenvalue weighted by molar-refractivity contribution is 0.660. The molecule has 0 atom stereocenters. The van der Waals surface area contributed by atoms with E-state index in [4.69, 9.17) is 0 Å². The molecule has 2 nitrogen and oxygen atoms in total. The smallest absolute Gasteiger partial charge is 0.0465 e. The van der Waals surface area contributed by atoms with Crippen LogP contribution in [0.25, 0.3) is 11.1 Å². The number of anilines is 5. The van der Waals surface area contributed by atoms with E-state index in [0.29, 0.717) is 0 Å². The van der Waals surface area contributed by atoms with Crippen molar-refractivity contribution < 1.29 is 0 Å². The van der Waals surface area contributed by atoms with Crippen molar-refractivity contribution in [3.05, 3.63) is 210 Å². The standard InChI is InChI=1S/C48H40N2/c1-5-37(27-26-36(2)49(39-18-10-6-11-19-39)40-20-12-7-13-21-40)28-29-38-30-32-44-45-33-31-43(35-47(45)48(3,4)46(44)34-38)50(41-22-14-8-15-23-41)42-24-16-9-17-25-42/h5-27,30-35H,2H2,1,3-4H3/b27-26-,37-5+. The molecule has 0 saturated carbocycles. The van der Waals surface area contributed by atoms with Gasteiger partial charge in [-0.25, -0.2) is 0 Å². The minimum atomic E-state index is -0.184. The first kappa shape index (κ1) is 32.3. The highest BCUT2D eigenvalue weighted by molar-refractivity contribution is 5.86. The molecule has 0 spiro atoms. The molecule has 0 heterocycles. The highest BCUT2D eigenvalue weighted by Gasteiger charge is 2.36. The second-order valence-corrected chi connectivity index (χ2v) is 12.9. The van der Waals surface area contributed by atoms with Gasteiger partial charge in [0.05, 0.1) is 0 Å². The average molecular weight is 645 g/mol. The van der Waals surface area contributed by atoms with Crippen LogP contribution in [0.15, 0.2) is 194 Å². The van der Waals surface area contributed by atoms with Crippen LogP contribution in [0.2, 0.25) is 0 Å². The lowest BCUT2D eigenvalue weighted by Crippen LogP contribution is -2.16. The molecule has 242 valence electrons. The number of benzene rings is 6. The summed E-state index contributed by atoms with van der Waals surface area (Å²) in [5, 5.41) is 0. The van der Waals surface area contributed by atoms with E-state index in [9.17, 15) is 0 Å². The van der Waals surface area contributed by atoms with Crippen LogP contribution in [-0.2, 0) is 5.41 Å². The molecule has 1 aliphatic rings. The molecule has 6 aromatic carbocycles. The fraction of sp³-hybridized carbons (Fsp3) is 0.0833. The van der Waals surface area contributed by atoms with E-state index in [1.807, 2.05) is 61.5 Å². The Bertz CT molecular complexity index is 2170. The molecule has 0 saturated heterocycles. The third-order valence-corrected chi connectivity index (χ3v) is 9.38. The van der Waals surface area contributed by atoms with Gasteiger partial charge >= 0.3 is 0 Å². The molecule has 0 N–H and O–H groups in total. The Kier molecular flexibility index (Phi) is 9.06. The summed E-state index contributed by atoms with van der Waals surface area (Å²) in [6, 6.07) is 55.3. The summed E-state index contributed by atoms with van der Waals surface area (Å²) >= 11 is 0. The molecule has 0 aliphatic heterocycles. The lowest BCUT2D eigenvalue weighted by atomic mass is 9.82. The van der Waals surface area contributed by atoms with Gasteiger partial charge in [-0.05, 0) is 114 Å². The fourth-order valence-electron chi connectivity index (χ4n) is 6.79. The third kappa shape index (κ3) is 6.42. The maximum absolute atomic E-state index is 4.42. The molecule has 0 bridgehead atoms. The van der Waals surface area contributed by atoms with Gasteiger partial charge < -0.3 is 9.80 Å². The number of fused-ring (bicyclic) bond motifs is 3. The minimum absolute atomic E-state index is 0.184. The van der Waals surface area contributed by atoms with Crippen LogP contribution >= 0.6 is 0 Å². The van der Waals surface area contributed by atoms with Crippen LogP contribution in [0, 0.1) is 11.8 Å². The zero-order chi connectivity index (χ0) is 34.5. The van der Waals surface area contributed by atoms with Crippen molar-refractivity contribution in [3.63, 3.8) is 0 Å². The number of rotatable bonds is 8. The van der Waals surface area contributed by atoms with Gasteiger partial charge in [0.15, 0.2) is 0 Å². The second kappa shape index (κ2) is 14.0. The number of allylic oxidation sites excluding steroid dienone is 4. The SMILES string of the molecule is C=C(/C=C\C(C#Cc1ccc2c(c1)C(C)(C)c1cc(N(c3ccccc3)c3ccccc3)ccc1-2)=C/C)N(c1ccccc1)c1ccccc1. The van der Waals surface area contributed by atoms with Gasteiger partial charge in [-0.15, -0.1) is 0 Å². The van der Waals surface area contributed by atoms with Gasteiger partial charge in [0.2, 0.25) is 0 Å². The average Bonchev–Trinajstić information content (AvgIpc) is 3.38. The molecule has 1 aliphatic carbocycles. The Hall–Kier alpha value is -6.30. The summed E-state index contributed by atoms with van der Waals surface area (Å²) in [4.78, 5) is 4.48. The number of hydrogen-bond donors (Lipinski definition) is 0. The molecule has 0 fully saturated rings. The van der Waals surface area contributed by atoms with Crippen LogP contribution in [0.5, 0.6) is 0 Å². The maximum atomic E-state index is 4.42. The van der Waals surface area contributed by atoms with Crippen molar-refractivity contribution in [1.82, 2.24) is 0 Å². The predicted octanol–water partition coefficient (Wildman–Crippen LogP) is 12.7. The topological polar surface area (TPSA) is 6.48 Å². The van der Waals surface area contributed by atoms with Gasteiger partial charge in [-0.2, -0.15) is 0 Å².